The van der Waals surface area contributed by atoms with Gasteiger partial charge in [-0.05, 0) is 25.2 Å². The lowest BCUT2D eigenvalue weighted by molar-refractivity contribution is -0.142. The molecule has 0 radical (unpaired) electrons. The van der Waals surface area contributed by atoms with Gasteiger partial charge in [-0.3, -0.25) is 4.79 Å². The molecule has 0 aromatic carbocycles. The van der Waals surface area contributed by atoms with Crippen LogP contribution in [0.1, 0.15) is 32.6 Å². The third-order valence-electron chi connectivity index (χ3n) is 2.60. The Labute approximate surface area is 89.4 Å². The van der Waals surface area contributed by atoms with E-state index in [0.29, 0.717) is 12.8 Å². The summed E-state index contributed by atoms with van der Waals surface area (Å²) in [5.74, 6) is -0.843. The molecule has 1 amide bonds. The van der Waals surface area contributed by atoms with Crippen LogP contribution >= 0.6 is 0 Å². The number of carbonyl (C=O) groups excluding carboxylic acids is 1. The fourth-order valence-electron chi connectivity index (χ4n) is 1.70. The molecule has 1 rings (SSSR count). The zero-order chi connectivity index (χ0) is 11.3. The summed E-state index contributed by atoms with van der Waals surface area (Å²) in [6, 6.07) is -0.747. The van der Waals surface area contributed by atoms with Gasteiger partial charge in [0.25, 0.3) is 0 Å². The second kappa shape index (κ2) is 5.53. The maximum atomic E-state index is 11.5. The van der Waals surface area contributed by atoms with Crippen LogP contribution in [-0.4, -0.2) is 23.0 Å². The van der Waals surface area contributed by atoms with Crippen molar-refractivity contribution in [1.29, 1.82) is 0 Å². The number of aliphatic carboxylic acids is 1. The van der Waals surface area contributed by atoms with Crippen LogP contribution in [0.4, 0.5) is 0 Å². The number of hydrogen-bond acceptors (Lipinski definition) is 2. The van der Waals surface area contributed by atoms with Crippen molar-refractivity contribution in [3.63, 3.8) is 0 Å². The molecule has 1 aliphatic carbocycles. The van der Waals surface area contributed by atoms with Gasteiger partial charge in [-0.15, -0.1) is 0 Å². The van der Waals surface area contributed by atoms with Crippen LogP contribution in [0.25, 0.3) is 0 Å². The molecule has 0 fully saturated rings. The van der Waals surface area contributed by atoms with Crippen molar-refractivity contribution in [2.24, 2.45) is 5.92 Å². The predicted octanol–water partition coefficient (Wildman–Crippen LogP) is 1.32. The Morgan fingerprint density at radius 2 is 2.33 bits per heavy atom. The molecule has 0 aromatic heterocycles. The fraction of sp³-hybridized carbons (Fsp3) is 0.636. The maximum absolute atomic E-state index is 11.5. The van der Waals surface area contributed by atoms with Gasteiger partial charge in [0.2, 0.25) is 5.91 Å². The summed E-state index contributed by atoms with van der Waals surface area (Å²) >= 11 is 0. The first-order chi connectivity index (χ1) is 7.13. The van der Waals surface area contributed by atoms with Crippen LogP contribution in [-0.2, 0) is 9.59 Å². The van der Waals surface area contributed by atoms with E-state index in [1.165, 1.54) is 0 Å². The molecule has 84 valence electrons. The van der Waals surface area contributed by atoms with Gasteiger partial charge < -0.3 is 10.4 Å². The van der Waals surface area contributed by atoms with E-state index in [-0.39, 0.29) is 11.8 Å². The average molecular weight is 211 g/mol. The summed E-state index contributed by atoms with van der Waals surface area (Å²) in [4.78, 5) is 22.1. The van der Waals surface area contributed by atoms with Crippen LogP contribution < -0.4 is 5.32 Å². The van der Waals surface area contributed by atoms with Crippen LogP contribution in [0.2, 0.25) is 0 Å². The minimum Gasteiger partial charge on any atom is -0.480 e. The summed E-state index contributed by atoms with van der Waals surface area (Å²) < 4.78 is 0. The van der Waals surface area contributed by atoms with Gasteiger partial charge in [-0.2, -0.15) is 0 Å². The number of amides is 1. The van der Waals surface area contributed by atoms with Crippen molar-refractivity contribution in [3.05, 3.63) is 12.2 Å². The molecule has 15 heavy (non-hydrogen) atoms. The zero-order valence-corrected chi connectivity index (χ0v) is 8.90. The van der Waals surface area contributed by atoms with Crippen molar-refractivity contribution in [3.8, 4) is 0 Å². The third kappa shape index (κ3) is 3.73. The maximum Gasteiger partial charge on any atom is 0.326 e. The van der Waals surface area contributed by atoms with Gasteiger partial charge in [0, 0.05) is 6.42 Å². The second-order valence-corrected chi connectivity index (χ2v) is 3.84. The number of carboxylic acid groups (broad SMARTS) is 1. The molecule has 0 spiro atoms. The largest absolute Gasteiger partial charge is 0.480 e. The van der Waals surface area contributed by atoms with Crippen molar-refractivity contribution >= 4 is 11.9 Å². The minimum absolute atomic E-state index is 0.166. The Bertz CT molecular complexity index is 273. The standard InChI is InChI=1S/C11H17NO3/c1-2-9(11(14)15)12-10(13)7-8-5-3-4-6-8/h3,5,8-9H,2,4,6-7H2,1H3,(H,12,13)(H,14,15). The van der Waals surface area contributed by atoms with E-state index in [1.807, 2.05) is 6.08 Å². The fourth-order valence-corrected chi connectivity index (χ4v) is 1.70. The Morgan fingerprint density at radius 3 is 2.80 bits per heavy atom. The first kappa shape index (κ1) is 11.8. The minimum atomic E-state index is -0.965. The molecule has 1 aliphatic rings. The molecule has 4 heteroatoms. The van der Waals surface area contributed by atoms with Gasteiger partial charge >= 0.3 is 5.97 Å². The SMILES string of the molecule is CCC(NC(=O)CC1C=CCC1)C(=O)O. The summed E-state index contributed by atoms with van der Waals surface area (Å²) in [5.41, 5.74) is 0. The van der Waals surface area contributed by atoms with Gasteiger partial charge in [-0.1, -0.05) is 19.1 Å². The quantitative estimate of drug-likeness (QED) is 0.674. The average Bonchev–Trinajstić information content (AvgIpc) is 2.66. The summed E-state index contributed by atoms with van der Waals surface area (Å²) in [6.45, 7) is 1.74. The van der Waals surface area contributed by atoms with Crippen LogP contribution in [0.5, 0.6) is 0 Å². The number of nitrogens with one attached hydrogen (secondary N) is 1. The Morgan fingerprint density at radius 1 is 1.60 bits per heavy atom. The Kier molecular flexibility index (Phi) is 4.34. The molecular weight excluding hydrogens is 194 g/mol. The number of carboxylic acids is 1. The van der Waals surface area contributed by atoms with Crippen molar-refractivity contribution in [1.82, 2.24) is 5.32 Å². The molecule has 0 saturated heterocycles. The van der Waals surface area contributed by atoms with Gasteiger partial charge in [0.1, 0.15) is 6.04 Å². The summed E-state index contributed by atoms with van der Waals surface area (Å²) in [7, 11) is 0. The molecule has 4 nitrogen and oxygen atoms in total. The van der Waals surface area contributed by atoms with Crippen molar-refractivity contribution in [2.75, 3.05) is 0 Å². The highest BCUT2D eigenvalue weighted by Gasteiger charge is 2.20. The first-order valence-corrected chi connectivity index (χ1v) is 5.32. The van der Waals surface area contributed by atoms with Crippen molar-refractivity contribution < 1.29 is 14.7 Å². The van der Waals surface area contributed by atoms with E-state index in [9.17, 15) is 9.59 Å². The smallest absolute Gasteiger partial charge is 0.326 e. The summed E-state index contributed by atoms with van der Waals surface area (Å²) in [5, 5.41) is 11.3. The molecular formula is C11H17NO3. The van der Waals surface area contributed by atoms with Gasteiger partial charge in [0.05, 0.1) is 0 Å². The molecule has 0 heterocycles. The van der Waals surface area contributed by atoms with Gasteiger partial charge in [0.15, 0.2) is 0 Å². The molecule has 0 aliphatic heterocycles. The Balaban J connectivity index is 2.33. The van der Waals surface area contributed by atoms with Crippen LogP contribution in [0.3, 0.4) is 0 Å². The highest BCUT2D eigenvalue weighted by molar-refractivity contribution is 5.83. The van der Waals surface area contributed by atoms with E-state index in [0.717, 1.165) is 12.8 Å². The molecule has 2 N–H and O–H groups in total. The van der Waals surface area contributed by atoms with E-state index < -0.39 is 12.0 Å². The van der Waals surface area contributed by atoms with Crippen LogP contribution in [0, 0.1) is 5.92 Å². The van der Waals surface area contributed by atoms with E-state index in [4.69, 9.17) is 5.11 Å². The molecule has 2 atom stereocenters. The molecule has 0 aromatic rings. The van der Waals surface area contributed by atoms with E-state index in [1.54, 1.807) is 6.92 Å². The monoisotopic (exact) mass is 211 g/mol. The topological polar surface area (TPSA) is 66.4 Å². The van der Waals surface area contributed by atoms with E-state index >= 15 is 0 Å². The second-order valence-electron chi connectivity index (χ2n) is 3.84. The zero-order valence-electron chi connectivity index (χ0n) is 8.90. The molecule has 2 unspecified atom stereocenters. The normalized spacial score (nSPS) is 21.3. The van der Waals surface area contributed by atoms with E-state index in [2.05, 4.69) is 11.4 Å². The lowest BCUT2D eigenvalue weighted by Crippen LogP contribution is -2.40. The van der Waals surface area contributed by atoms with Gasteiger partial charge in [-0.25, -0.2) is 4.79 Å². The molecule has 0 bridgehead atoms. The highest BCUT2D eigenvalue weighted by atomic mass is 16.4. The van der Waals surface area contributed by atoms with Crippen molar-refractivity contribution in [2.45, 2.75) is 38.6 Å². The van der Waals surface area contributed by atoms with Crippen LogP contribution in [0.15, 0.2) is 12.2 Å². The molecule has 0 saturated carbocycles. The number of carbonyl (C=O) groups is 2. The third-order valence-corrected chi connectivity index (χ3v) is 2.60. The highest BCUT2D eigenvalue weighted by Crippen LogP contribution is 2.20. The first-order valence-electron chi connectivity index (χ1n) is 5.32. The lowest BCUT2D eigenvalue weighted by Gasteiger charge is -2.13. The summed E-state index contributed by atoms with van der Waals surface area (Å²) in [6.07, 6.45) is 6.93. The lowest BCUT2D eigenvalue weighted by atomic mass is 10.0. The number of allylic oxidation sites excluding steroid dienone is 2. The number of hydrogen-bond donors (Lipinski definition) is 2. The predicted molar refractivity (Wildman–Crippen MR) is 56.3 cm³/mol. The Hall–Kier alpha value is -1.32. The number of rotatable bonds is 5.